The molecule has 1 fully saturated rings. The Morgan fingerprint density at radius 3 is 2.52 bits per heavy atom. The molecular weight excluding hydrogens is 592 g/mol. The predicted molar refractivity (Wildman–Crippen MR) is 161 cm³/mol. The molecule has 0 spiro atoms. The van der Waals surface area contributed by atoms with Crippen LogP contribution in [0.4, 0.5) is 10.5 Å². The normalized spacial score (nSPS) is 14.2. The molecule has 202 valence electrons. The van der Waals surface area contributed by atoms with Gasteiger partial charge < -0.3 is 14.8 Å². The summed E-state index contributed by atoms with van der Waals surface area (Å²) < 4.78 is 12.2. The fourth-order valence-corrected chi connectivity index (χ4v) is 5.58. The maximum Gasteiger partial charge on any atom is 0.294 e. The minimum absolute atomic E-state index is 0.246. The number of amides is 3. The Morgan fingerprint density at radius 1 is 0.975 bits per heavy atom. The molecule has 40 heavy (non-hydrogen) atoms. The number of hydrogen-bond acceptors (Lipinski definition) is 6. The van der Waals surface area contributed by atoms with Crippen molar-refractivity contribution < 1.29 is 23.9 Å². The van der Waals surface area contributed by atoms with E-state index in [-0.39, 0.29) is 11.4 Å². The van der Waals surface area contributed by atoms with Crippen LogP contribution in [0.5, 0.6) is 11.5 Å². The van der Waals surface area contributed by atoms with Gasteiger partial charge >= 0.3 is 0 Å². The molecule has 0 bridgehead atoms. The summed E-state index contributed by atoms with van der Waals surface area (Å²) in [6.45, 7) is 2.45. The summed E-state index contributed by atoms with van der Waals surface area (Å²) in [4.78, 5) is 39.2. The van der Waals surface area contributed by atoms with Gasteiger partial charge in [-0.05, 0) is 99.0 Å². The molecule has 1 N–H and O–H groups in total. The number of nitrogens with zero attached hydrogens (tertiary/aromatic N) is 1. The Morgan fingerprint density at radius 2 is 1.75 bits per heavy atom. The summed E-state index contributed by atoms with van der Waals surface area (Å²) in [5.74, 6) is 0.365. The van der Waals surface area contributed by atoms with Crippen LogP contribution in [0.3, 0.4) is 0 Å². The SMILES string of the molecule is CCOc1ccc(NC(=O)CN2C(=O)S/C(=C/c3ccc(OCc4cccc5ccccc45)c(Br)c3)C2=O)cc1. The Labute approximate surface area is 244 Å². The second kappa shape index (κ2) is 12.4. The van der Waals surface area contributed by atoms with Crippen LogP contribution < -0.4 is 14.8 Å². The average molecular weight is 618 g/mol. The fourth-order valence-electron chi connectivity index (χ4n) is 4.23. The van der Waals surface area contributed by atoms with Gasteiger partial charge in [-0.1, -0.05) is 48.5 Å². The van der Waals surface area contributed by atoms with Gasteiger partial charge in [-0.15, -0.1) is 0 Å². The van der Waals surface area contributed by atoms with E-state index in [1.807, 2.05) is 49.4 Å². The molecule has 4 aromatic carbocycles. The van der Waals surface area contributed by atoms with Gasteiger partial charge in [-0.3, -0.25) is 19.3 Å². The summed E-state index contributed by atoms with van der Waals surface area (Å²) in [5, 5.41) is 4.50. The van der Waals surface area contributed by atoms with E-state index in [2.05, 4.69) is 39.4 Å². The third-order valence-electron chi connectivity index (χ3n) is 6.14. The molecule has 0 aliphatic carbocycles. The number of benzene rings is 4. The van der Waals surface area contributed by atoms with Gasteiger partial charge in [-0.25, -0.2) is 0 Å². The van der Waals surface area contributed by atoms with Crippen LogP contribution in [-0.2, 0) is 16.2 Å². The molecule has 3 amide bonds. The van der Waals surface area contributed by atoms with Crippen LogP contribution in [0.25, 0.3) is 16.8 Å². The van der Waals surface area contributed by atoms with Crippen molar-refractivity contribution in [1.82, 2.24) is 4.90 Å². The highest BCUT2D eigenvalue weighted by molar-refractivity contribution is 9.10. The van der Waals surface area contributed by atoms with Crippen LogP contribution in [0, 0.1) is 0 Å². The number of nitrogens with one attached hydrogen (secondary N) is 1. The van der Waals surface area contributed by atoms with Crippen LogP contribution in [0.2, 0.25) is 0 Å². The predicted octanol–water partition coefficient (Wildman–Crippen LogP) is 7.26. The van der Waals surface area contributed by atoms with Crippen molar-refractivity contribution in [2.75, 3.05) is 18.5 Å². The van der Waals surface area contributed by atoms with Gasteiger partial charge in [0.15, 0.2) is 0 Å². The van der Waals surface area contributed by atoms with E-state index >= 15 is 0 Å². The van der Waals surface area contributed by atoms with E-state index in [1.165, 1.54) is 0 Å². The Hall–Kier alpha value is -4.08. The van der Waals surface area contributed by atoms with Gasteiger partial charge in [0.05, 0.1) is 16.0 Å². The highest BCUT2D eigenvalue weighted by Gasteiger charge is 2.36. The number of imide groups is 1. The van der Waals surface area contributed by atoms with Crippen molar-refractivity contribution in [2.45, 2.75) is 13.5 Å². The van der Waals surface area contributed by atoms with Crippen LogP contribution in [-0.4, -0.2) is 35.1 Å². The van der Waals surface area contributed by atoms with E-state index in [1.54, 1.807) is 30.3 Å². The summed E-state index contributed by atoms with van der Waals surface area (Å²) >= 11 is 4.36. The number of ether oxygens (including phenoxy) is 2. The Balaban J connectivity index is 1.21. The number of anilines is 1. The quantitative estimate of drug-likeness (QED) is 0.199. The molecule has 0 radical (unpaired) electrons. The minimum Gasteiger partial charge on any atom is -0.494 e. The maximum absolute atomic E-state index is 12.9. The van der Waals surface area contributed by atoms with E-state index in [9.17, 15) is 14.4 Å². The molecule has 4 aromatic rings. The Kier molecular flexibility index (Phi) is 8.52. The zero-order valence-corrected chi connectivity index (χ0v) is 24.0. The second-order valence-electron chi connectivity index (χ2n) is 8.89. The Bertz CT molecular complexity index is 1610. The summed E-state index contributed by atoms with van der Waals surface area (Å²) in [5.41, 5.74) is 2.34. The number of halogens is 1. The van der Waals surface area contributed by atoms with Gasteiger partial charge in [0.1, 0.15) is 24.7 Å². The molecule has 0 atom stereocenters. The molecule has 9 heteroatoms. The molecule has 7 nitrogen and oxygen atoms in total. The number of carbonyl (C=O) groups is 3. The number of hydrogen-bond donors (Lipinski definition) is 1. The van der Waals surface area contributed by atoms with Crippen molar-refractivity contribution in [1.29, 1.82) is 0 Å². The topological polar surface area (TPSA) is 84.9 Å². The zero-order chi connectivity index (χ0) is 28.1. The number of rotatable bonds is 9. The average Bonchev–Trinajstić information content (AvgIpc) is 3.21. The molecular formula is C31H25BrN2O5S. The standard InChI is InChI=1S/C31H25BrN2O5S/c1-2-38-24-13-11-23(12-14-24)33-29(35)18-34-30(36)28(40-31(34)37)17-20-10-15-27(26(32)16-20)39-19-22-8-5-7-21-6-3-4-9-25(21)22/h3-17H,2,18-19H2,1H3,(H,33,35)/b28-17+. The van der Waals surface area contributed by atoms with Crippen LogP contribution in [0.1, 0.15) is 18.1 Å². The first-order chi connectivity index (χ1) is 19.4. The molecule has 0 aromatic heterocycles. The van der Waals surface area contributed by atoms with Crippen LogP contribution >= 0.6 is 27.7 Å². The molecule has 0 unspecified atom stereocenters. The van der Waals surface area contributed by atoms with Gasteiger partial charge in [0.25, 0.3) is 11.1 Å². The van der Waals surface area contributed by atoms with E-state index in [4.69, 9.17) is 9.47 Å². The summed E-state index contributed by atoms with van der Waals surface area (Å²) in [6, 6.07) is 26.6. The van der Waals surface area contributed by atoms with Crippen molar-refractivity contribution in [3.8, 4) is 11.5 Å². The van der Waals surface area contributed by atoms with E-state index in [0.29, 0.717) is 36.0 Å². The van der Waals surface area contributed by atoms with Crippen molar-refractivity contribution in [3.05, 3.63) is 105 Å². The molecule has 1 aliphatic rings. The lowest BCUT2D eigenvalue weighted by Crippen LogP contribution is -2.36. The lowest BCUT2D eigenvalue weighted by molar-refractivity contribution is -0.127. The molecule has 1 heterocycles. The highest BCUT2D eigenvalue weighted by atomic mass is 79.9. The molecule has 5 rings (SSSR count). The number of thioether (sulfide) groups is 1. The fraction of sp³-hybridized carbons (Fsp3) is 0.129. The van der Waals surface area contributed by atoms with E-state index < -0.39 is 17.1 Å². The molecule has 1 aliphatic heterocycles. The number of fused-ring (bicyclic) bond motifs is 1. The monoisotopic (exact) mass is 616 g/mol. The largest absolute Gasteiger partial charge is 0.494 e. The van der Waals surface area contributed by atoms with Crippen molar-refractivity contribution >= 4 is 67.3 Å². The van der Waals surface area contributed by atoms with Gasteiger partial charge in [0, 0.05) is 5.69 Å². The van der Waals surface area contributed by atoms with Crippen molar-refractivity contribution in [3.63, 3.8) is 0 Å². The molecule has 1 saturated heterocycles. The third-order valence-corrected chi connectivity index (χ3v) is 7.67. The first-order valence-corrected chi connectivity index (χ1v) is 14.2. The first kappa shape index (κ1) is 27.5. The summed E-state index contributed by atoms with van der Waals surface area (Å²) in [7, 11) is 0. The lowest BCUT2D eigenvalue weighted by Gasteiger charge is -2.13. The number of carbonyl (C=O) groups excluding carboxylic acids is 3. The summed E-state index contributed by atoms with van der Waals surface area (Å²) in [6.07, 6.45) is 1.63. The highest BCUT2D eigenvalue weighted by Crippen LogP contribution is 2.34. The zero-order valence-electron chi connectivity index (χ0n) is 21.6. The van der Waals surface area contributed by atoms with Gasteiger partial charge in [0.2, 0.25) is 5.91 Å². The van der Waals surface area contributed by atoms with E-state index in [0.717, 1.165) is 37.5 Å². The molecule has 0 saturated carbocycles. The van der Waals surface area contributed by atoms with Gasteiger partial charge in [-0.2, -0.15) is 0 Å². The minimum atomic E-state index is -0.510. The van der Waals surface area contributed by atoms with Crippen molar-refractivity contribution in [2.24, 2.45) is 0 Å². The first-order valence-electron chi connectivity index (χ1n) is 12.6. The van der Waals surface area contributed by atoms with Crippen LogP contribution in [0.15, 0.2) is 94.3 Å². The lowest BCUT2D eigenvalue weighted by atomic mass is 10.1. The second-order valence-corrected chi connectivity index (χ2v) is 10.7. The third kappa shape index (κ3) is 6.38. The maximum atomic E-state index is 12.9. The smallest absolute Gasteiger partial charge is 0.294 e.